The van der Waals surface area contributed by atoms with E-state index >= 15 is 0 Å². The highest BCUT2D eigenvalue weighted by Gasteiger charge is 2.25. The van der Waals surface area contributed by atoms with Crippen LogP contribution >= 0.6 is 0 Å². The summed E-state index contributed by atoms with van der Waals surface area (Å²) in [5.74, 6) is 0.821. The molecule has 0 aliphatic carbocycles. The number of hydrogen-bond donors (Lipinski definition) is 0. The van der Waals surface area contributed by atoms with Crippen molar-refractivity contribution >= 4 is 6.09 Å². The number of allylic oxidation sites excluding steroid dienone is 2. The van der Waals surface area contributed by atoms with Crippen LogP contribution in [0.15, 0.2) is 48.9 Å². The molecule has 0 rings (SSSR count). The van der Waals surface area contributed by atoms with Gasteiger partial charge in [-0.05, 0) is 44.4 Å². The van der Waals surface area contributed by atoms with E-state index < -0.39 is 11.7 Å². The molecule has 0 unspecified atom stereocenters. The third-order valence-electron chi connectivity index (χ3n) is 2.61. The van der Waals surface area contributed by atoms with Gasteiger partial charge in [0.05, 0.1) is 7.11 Å². The van der Waals surface area contributed by atoms with Crippen molar-refractivity contribution in [3.63, 3.8) is 0 Å². The molecular formula is C18H29NO3. The van der Waals surface area contributed by atoms with Gasteiger partial charge in [-0.25, -0.2) is 4.79 Å². The van der Waals surface area contributed by atoms with Crippen molar-refractivity contribution in [2.24, 2.45) is 5.92 Å². The maximum absolute atomic E-state index is 12.4. The zero-order valence-corrected chi connectivity index (χ0v) is 14.7. The first-order valence-corrected chi connectivity index (χ1v) is 7.28. The molecule has 0 aliphatic rings. The Morgan fingerprint density at radius 1 is 1.27 bits per heavy atom. The largest absolute Gasteiger partial charge is 0.497 e. The minimum absolute atomic E-state index is 0.266. The Morgan fingerprint density at radius 2 is 1.82 bits per heavy atom. The summed E-state index contributed by atoms with van der Waals surface area (Å²) < 4.78 is 10.6. The van der Waals surface area contributed by atoms with Crippen LogP contribution in [0.1, 0.15) is 34.6 Å². The summed E-state index contributed by atoms with van der Waals surface area (Å²) in [7, 11) is 1.54. The number of carbonyl (C=O) groups excluding carboxylic acids is 1. The number of methoxy groups -OCH3 is 1. The van der Waals surface area contributed by atoms with Crippen LogP contribution in [0.3, 0.4) is 0 Å². The Bertz CT molecular complexity index is 467. The highest BCUT2D eigenvalue weighted by atomic mass is 16.6. The summed E-state index contributed by atoms with van der Waals surface area (Å²) in [6, 6.07) is 0. The first kappa shape index (κ1) is 20.0. The first-order chi connectivity index (χ1) is 10.0. The number of rotatable bonds is 7. The molecule has 0 aromatic carbocycles. The lowest BCUT2D eigenvalue weighted by Gasteiger charge is -2.30. The van der Waals surface area contributed by atoms with Crippen LogP contribution < -0.4 is 0 Å². The number of amides is 1. The molecule has 0 saturated carbocycles. The average Bonchev–Trinajstić information content (AvgIpc) is 2.38. The van der Waals surface area contributed by atoms with Gasteiger partial charge in [-0.15, -0.1) is 0 Å². The lowest BCUT2D eigenvalue weighted by Crippen LogP contribution is -2.38. The fourth-order valence-electron chi connectivity index (χ4n) is 1.61. The molecule has 0 bridgehead atoms. The van der Waals surface area contributed by atoms with Gasteiger partial charge >= 0.3 is 6.09 Å². The van der Waals surface area contributed by atoms with E-state index in [1.807, 2.05) is 34.6 Å². The van der Waals surface area contributed by atoms with Crippen molar-refractivity contribution in [2.45, 2.75) is 40.2 Å². The van der Waals surface area contributed by atoms with Crippen LogP contribution in [0.2, 0.25) is 0 Å². The van der Waals surface area contributed by atoms with Crippen LogP contribution in [0.5, 0.6) is 0 Å². The van der Waals surface area contributed by atoms with Gasteiger partial charge in [-0.2, -0.15) is 0 Å². The maximum Gasteiger partial charge on any atom is 0.414 e. The van der Waals surface area contributed by atoms with E-state index in [1.54, 1.807) is 19.3 Å². The van der Waals surface area contributed by atoms with Crippen LogP contribution in [0.25, 0.3) is 0 Å². The fraction of sp³-hybridized carbons (Fsp3) is 0.500. The molecule has 0 aromatic heterocycles. The zero-order chi connectivity index (χ0) is 17.5. The van der Waals surface area contributed by atoms with E-state index in [4.69, 9.17) is 9.47 Å². The summed E-state index contributed by atoms with van der Waals surface area (Å²) in [5.41, 5.74) is 0.491. The van der Waals surface area contributed by atoms with Crippen LogP contribution in [-0.4, -0.2) is 30.2 Å². The Kier molecular flexibility index (Phi) is 7.71. The quantitative estimate of drug-likeness (QED) is 0.507. The van der Waals surface area contributed by atoms with Crippen LogP contribution in [0.4, 0.5) is 4.79 Å². The standard InChI is InChI=1S/C18H29NO3/c1-10-16(21-9)11-14(4)15(5)19(12-13(2)3)17(20)22-18(6,7)8/h10-11,13H,1,4-5,12H2,2-3,6-9H3/b16-11+. The summed E-state index contributed by atoms with van der Waals surface area (Å²) in [6.45, 7) is 21.6. The zero-order valence-electron chi connectivity index (χ0n) is 14.7. The second kappa shape index (κ2) is 8.47. The van der Waals surface area contributed by atoms with Crippen molar-refractivity contribution in [1.29, 1.82) is 0 Å². The van der Waals surface area contributed by atoms with E-state index in [0.717, 1.165) is 0 Å². The molecule has 0 N–H and O–H groups in total. The Balaban J connectivity index is 5.30. The number of carbonyl (C=O) groups is 1. The second-order valence-electron chi connectivity index (χ2n) is 6.41. The van der Waals surface area contributed by atoms with E-state index in [2.05, 4.69) is 19.7 Å². The van der Waals surface area contributed by atoms with Gasteiger partial charge in [0.25, 0.3) is 0 Å². The molecule has 4 heteroatoms. The van der Waals surface area contributed by atoms with Crippen molar-refractivity contribution in [3.05, 3.63) is 48.9 Å². The van der Waals surface area contributed by atoms with Gasteiger partial charge in [0.1, 0.15) is 11.4 Å². The van der Waals surface area contributed by atoms with Gasteiger partial charge in [-0.3, -0.25) is 4.90 Å². The topological polar surface area (TPSA) is 38.8 Å². The van der Waals surface area contributed by atoms with Gasteiger partial charge in [-0.1, -0.05) is 33.6 Å². The molecule has 0 fully saturated rings. The molecule has 0 aromatic rings. The van der Waals surface area contributed by atoms with Crippen molar-refractivity contribution in [3.8, 4) is 0 Å². The molecular weight excluding hydrogens is 278 g/mol. The fourth-order valence-corrected chi connectivity index (χ4v) is 1.61. The van der Waals surface area contributed by atoms with Crippen LogP contribution in [0, 0.1) is 5.92 Å². The maximum atomic E-state index is 12.4. The predicted octanol–water partition coefficient (Wildman–Crippen LogP) is 4.67. The first-order valence-electron chi connectivity index (χ1n) is 7.28. The third-order valence-corrected chi connectivity index (χ3v) is 2.61. The van der Waals surface area contributed by atoms with Crippen molar-refractivity contribution in [2.75, 3.05) is 13.7 Å². The number of nitrogens with zero attached hydrogens (tertiary/aromatic N) is 1. The van der Waals surface area contributed by atoms with Crippen molar-refractivity contribution in [1.82, 2.24) is 4.90 Å². The highest BCUT2D eigenvalue weighted by Crippen LogP contribution is 2.20. The van der Waals surface area contributed by atoms with Gasteiger partial charge in [0, 0.05) is 12.2 Å². The van der Waals surface area contributed by atoms with Crippen molar-refractivity contribution < 1.29 is 14.3 Å². The Morgan fingerprint density at radius 3 is 2.18 bits per heavy atom. The summed E-state index contributed by atoms with van der Waals surface area (Å²) in [5, 5.41) is 0. The molecule has 0 spiro atoms. The predicted molar refractivity (Wildman–Crippen MR) is 91.3 cm³/mol. The molecule has 124 valence electrons. The summed E-state index contributed by atoms with van der Waals surface area (Å²) in [4.78, 5) is 13.9. The summed E-state index contributed by atoms with van der Waals surface area (Å²) in [6.07, 6.45) is 2.82. The number of hydrogen-bond acceptors (Lipinski definition) is 3. The van der Waals surface area contributed by atoms with E-state index in [0.29, 0.717) is 23.6 Å². The minimum Gasteiger partial charge on any atom is -0.497 e. The minimum atomic E-state index is -0.567. The SMILES string of the molecule is C=C/C(=C\C(=C)C(=C)N(CC(C)C)C(=O)OC(C)(C)C)OC. The van der Waals surface area contributed by atoms with E-state index in [-0.39, 0.29) is 5.92 Å². The van der Waals surface area contributed by atoms with Gasteiger partial charge in [0.2, 0.25) is 0 Å². The molecule has 0 aliphatic heterocycles. The van der Waals surface area contributed by atoms with E-state index in [9.17, 15) is 4.79 Å². The Hall–Kier alpha value is -1.97. The monoisotopic (exact) mass is 307 g/mol. The third kappa shape index (κ3) is 7.16. The molecule has 4 nitrogen and oxygen atoms in total. The molecule has 0 atom stereocenters. The van der Waals surface area contributed by atoms with Gasteiger partial charge < -0.3 is 9.47 Å². The van der Waals surface area contributed by atoms with E-state index in [1.165, 1.54) is 4.90 Å². The number of ether oxygens (including phenoxy) is 2. The molecule has 0 heterocycles. The summed E-state index contributed by atoms with van der Waals surface area (Å²) >= 11 is 0. The van der Waals surface area contributed by atoms with Crippen LogP contribution in [-0.2, 0) is 9.47 Å². The Labute approximate surface area is 134 Å². The average molecular weight is 307 g/mol. The highest BCUT2D eigenvalue weighted by molar-refractivity contribution is 5.72. The lowest BCUT2D eigenvalue weighted by molar-refractivity contribution is 0.0302. The normalized spacial score (nSPS) is 11.9. The smallest absolute Gasteiger partial charge is 0.414 e. The second-order valence-corrected chi connectivity index (χ2v) is 6.41. The molecule has 0 radical (unpaired) electrons. The molecule has 1 amide bonds. The molecule has 0 saturated heterocycles. The lowest BCUT2D eigenvalue weighted by atomic mass is 10.1. The van der Waals surface area contributed by atoms with Gasteiger partial charge in [0.15, 0.2) is 0 Å². The molecule has 22 heavy (non-hydrogen) atoms.